The number of nitrogens with zero attached hydrogens (tertiary/aromatic N) is 5. The molecule has 14 nitrogen and oxygen atoms in total. The Kier molecular flexibility index (Phi) is 6.99. The minimum atomic E-state index is -4.64. The van der Waals surface area contributed by atoms with Gasteiger partial charge in [0.2, 0.25) is 5.95 Å². The summed E-state index contributed by atoms with van der Waals surface area (Å²) in [6.45, 7) is 3.21. The van der Waals surface area contributed by atoms with Crippen LogP contribution >= 0.6 is 7.82 Å². The molecule has 6 N–H and O–H groups in total. The van der Waals surface area contributed by atoms with E-state index in [2.05, 4.69) is 25.3 Å². The Morgan fingerprint density at radius 1 is 1.11 bits per heavy atom. The van der Waals surface area contributed by atoms with Crippen molar-refractivity contribution in [2.75, 3.05) is 48.5 Å². The third-order valence-electron chi connectivity index (χ3n) is 5.29. The number of nitrogens with one attached hydrogen (secondary N) is 1. The molecule has 0 atom stereocenters. The summed E-state index contributed by atoms with van der Waals surface area (Å²) < 4.78 is 40.3. The second-order valence-electron chi connectivity index (χ2n) is 8.17. The number of ether oxygens (including phenoxy) is 1. The number of nitrogens with two attached hydrogens (primary N) is 1. The number of morpholine rings is 1. The first-order valence-electron chi connectivity index (χ1n) is 10.6. The average Bonchev–Trinajstić information content (AvgIpc) is 3.53. The summed E-state index contributed by atoms with van der Waals surface area (Å²) in [5.41, 5.74) is 8.52. The zero-order chi connectivity index (χ0) is 25.4. The van der Waals surface area contributed by atoms with Gasteiger partial charge in [-0.15, -0.1) is 0 Å². The number of rotatable bonds is 5. The minimum absolute atomic E-state index is 0.0664. The summed E-state index contributed by atoms with van der Waals surface area (Å²) in [4.78, 5) is 32.7. The van der Waals surface area contributed by atoms with E-state index in [4.69, 9.17) is 29.7 Å². The minimum Gasteiger partial charge on any atom is -0.383 e. The average molecular weight is 528 g/mol. The highest BCUT2D eigenvalue weighted by Crippen LogP contribution is 2.39. The van der Waals surface area contributed by atoms with Gasteiger partial charge in [0.05, 0.1) is 19.3 Å². The Hall–Kier alpha value is -2.81. The number of nitrogen functional groups attached to an aromatic ring is 1. The van der Waals surface area contributed by atoms with Crippen LogP contribution in [0.1, 0.15) is 18.9 Å². The van der Waals surface area contributed by atoms with Crippen molar-refractivity contribution in [3.8, 4) is 0 Å². The van der Waals surface area contributed by atoms with Crippen LogP contribution in [-0.2, 0) is 19.1 Å². The van der Waals surface area contributed by atoms with Crippen LogP contribution in [0.2, 0.25) is 0 Å². The molecule has 1 aliphatic carbocycles. The molecule has 0 spiro atoms. The maximum Gasteiger partial charge on any atom is 0.466 e. The Bertz CT molecular complexity index is 1360. The number of hydrogen-bond donors (Lipinski definition) is 5. The second-order valence-corrected chi connectivity index (χ2v) is 11.1. The maximum atomic E-state index is 12.2. The highest BCUT2D eigenvalue weighted by Gasteiger charge is 2.32. The van der Waals surface area contributed by atoms with E-state index in [0.717, 1.165) is 56.8 Å². The third kappa shape index (κ3) is 6.45. The lowest BCUT2D eigenvalue weighted by Crippen LogP contribution is -2.36. The summed E-state index contributed by atoms with van der Waals surface area (Å²) in [7, 11) is -8.19. The number of fused-ring (bicyclic) bond motifs is 1. The molecule has 0 bridgehead atoms. The van der Waals surface area contributed by atoms with Gasteiger partial charge in [0.25, 0.3) is 0 Å². The Morgan fingerprint density at radius 2 is 1.71 bits per heavy atom. The van der Waals surface area contributed by atoms with E-state index >= 15 is 0 Å². The zero-order valence-corrected chi connectivity index (χ0v) is 20.5. The molecule has 0 unspecified atom stereocenters. The van der Waals surface area contributed by atoms with E-state index in [-0.39, 0.29) is 22.3 Å². The summed E-state index contributed by atoms with van der Waals surface area (Å²) in [5, 5.41) is 7.69. The van der Waals surface area contributed by atoms with Crippen molar-refractivity contribution in [1.29, 1.82) is 0 Å². The molecule has 3 aromatic rings. The van der Waals surface area contributed by atoms with Gasteiger partial charge in [-0.1, -0.05) is 0 Å². The Balaban J connectivity index is 0.000000527. The van der Waals surface area contributed by atoms with E-state index in [9.17, 15) is 8.42 Å². The van der Waals surface area contributed by atoms with Crippen LogP contribution < -0.4 is 16.0 Å². The van der Waals surface area contributed by atoms with Crippen LogP contribution in [0.4, 0.5) is 23.1 Å². The molecule has 1 saturated carbocycles. The van der Waals surface area contributed by atoms with Gasteiger partial charge in [-0.25, -0.2) is 17.7 Å². The van der Waals surface area contributed by atoms with E-state index < -0.39 is 17.7 Å². The highest BCUT2D eigenvalue weighted by atomic mass is 32.2. The fraction of sp³-hybridized carbons (Fsp3) is 0.421. The van der Waals surface area contributed by atoms with Gasteiger partial charge < -0.3 is 35.4 Å². The Morgan fingerprint density at radius 3 is 2.26 bits per heavy atom. The largest absolute Gasteiger partial charge is 0.466 e. The predicted molar refractivity (Wildman–Crippen MR) is 128 cm³/mol. The summed E-state index contributed by atoms with van der Waals surface area (Å²) in [6.07, 6.45) is 3.00. The molecule has 16 heteroatoms. The van der Waals surface area contributed by atoms with Crippen molar-refractivity contribution in [2.45, 2.75) is 23.9 Å². The van der Waals surface area contributed by atoms with E-state index in [1.54, 1.807) is 4.68 Å². The van der Waals surface area contributed by atoms with Crippen molar-refractivity contribution < 1.29 is 32.4 Å². The molecule has 1 aliphatic heterocycles. The first-order chi connectivity index (χ1) is 16.4. The van der Waals surface area contributed by atoms with Gasteiger partial charge in [-0.2, -0.15) is 15.1 Å². The lowest BCUT2D eigenvalue weighted by atomic mass is 10.2. The van der Waals surface area contributed by atoms with E-state index in [1.807, 2.05) is 24.3 Å². The first-order valence-corrected chi connectivity index (χ1v) is 14.1. The molecule has 3 heterocycles. The molecule has 5 rings (SSSR count). The highest BCUT2D eigenvalue weighted by molar-refractivity contribution is 7.90. The summed E-state index contributed by atoms with van der Waals surface area (Å²) in [5.74, 6) is 0.403. The molecular weight excluding hydrogens is 501 g/mol. The molecule has 1 aromatic carbocycles. The number of benzene rings is 1. The summed E-state index contributed by atoms with van der Waals surface area (Å²) in [6, 6.07) is 8.12. The van der Waals surface area contributed by atoms with Gasteiger partial charge >= 0.3 is 7.82 Å². The number of hydrogen-bond acceptors (Lipinski definition) is 10. The topological polar surface area (TPSA) is 206 Å². The van der Waals surface area contributed by atoms with Gasteiger partial charge in [-0.3, -0.25) is 0 Å². The van der Waals surface area contributed by atoms with Crippen LogP contribution in [0.25, 0.3) is 11.0 Å². The van der Waals surface area contributed by atoms with Crippen LogP contribution in [0.15, 0.2) is 29.3 Å². The molecule has 2 fully saturated rings. The number of phosphoric acid groups is 1. The number of sulfone groups is 1. The molecule has 2 aliphatic rings. The molecule has 1 saturated heterocycles. The quantitative estimate of drug-likeness (QED) is 0.291. The lowest BCUT2D eigenvalue weighted by Gasteiger charge is -2.28. The fourth-order valence-corrected chi connectivity index (χ4v) is 4.43. The standard InChI is InChI=1S/C19H23N7O3S.H3O4P/c1-30(27,28)18-15-16(20)22-19(23-17(15)26(24-18)14-6-7-14)21-12-2-4-13(5-3-12)25-8-10-29-11-9-25;1-5(2,3)4/h2-5,14H,6-11H2,1H3,(H3,20,21,22,23);(H3,1,2,3,4). The zero-order valence-electron chi connectivity index (χ0n) is 18.8. The van der Waals surface area contributed by atoms with Crippen LogP contribution in [0.3, 0.4) is 0 Å². The monoisotopic (exact) mass is 527 g/mol. The molecular formula is C19H26N7O7PS. The summed E-state index contributed by atoms with van der Waals surface area (Å²) >= 11 is 0. The molecule has 190 valence electrons. The van der Waals surface area contributed by atoms with Crippen molar-refractivity contribution >= 4 is 51.8 Å². The van der Waals surface area contributed by atoms with E-state index in [0.29, 0.717) is 11.6 Å². The molecule has 2 aromatic heterocycles. The Labute approximate surface area is 200 Å². The van der Waals surface area contributed by atoms with Crippen LogP contribution in [-0.4, -0.2) is 75.4 Å². The maximum absolute atomic E-state index is 12.2. The number of aromatic nitrogens is 4. The van der Waals surface area contributed by atoms with Crippen molar-refractivity contribution in [1.82, 2.24) is 19.7 Å². The van der Waals surface area contributed by atoms with Crippen LogP contribution in [0.5, 0.6) is 0 Å². The lowest BCUT2D eigenvalue weighted by molar-refractivity contribution is 0.122. The third-order valence-corrected chi connectivity index (χ3v) is 6.28. The smallest absolute Gasteiger partial charge is 0.383 e. The van der Waals surface area contributed by atoms with Crippen molar-refractivity contribution in [3.63, 3.8) is 0 Å². The van der Waals surface area contributed by atoms with Crippen LogP contribution in [0, 0.1) is 0 Å². The number of anilines is 4. The van der Waals surface area contributed by atoms with Crippen molar-refractivity contribution in [3.05, 3.63) is 24.3 Å². The molecule has 35 heavy (non-hydrogen) atoms. The SMILES string of the molecule is CS(=O)(=O)c1nn(C2CC2)c2nc(Nc3ccc(N4CCOCC4)cc3)nc(N)c12.O=P(O)(O)O. The van der Waals surface area contributed by atoms with Gasteiger partial charge in [0, 0.05) is 30.7 Å². The van der Waals surface area contributed by atoms with E-state index in [1.165, 1.54) is 0 Å². The van der Waals surface area contributed by atoms with Gasteiger partial charge in [-0.05, 0) is 37.1 Å². The molecule has 0 radical (unpaired) electrons. The molecule has 0 amide bonds. The normalized spacial score (nSPS) is 16.6. The van der Waals surface area contributed by atoms with Crippen molar-refractivity contribution in [2.24, 2.45) is 0 Å². The van der Waals surface area contributed by atoms with Gasteiger partial charge in [0.15, 0.2) is 20.5 Å². The van der Waals surface area contributed by atoms with Gasteiger partial charge in [0.1, 0.15) is 11.2 Å². The fourth-order valence-electron chi connectivity index (χ4n) is 3.63. The first kappa shape index (κ1) is 25.3. The second kappa shape index (κ2) is 9.68. The predicted octanol–water partition coefficient (Wildman–Crippen LogP) is 0.798.